The van der Waals surface area contributed by atoms with E-state index in [1.807, 2.05) is 0 Å². The van der Waals surface area contributed by atoms with Crippen LogP contribution in [0.25, 0.3) is 22.0 Å². The lowest BCUT2D eigenvalue weighted by Crippen LogP contribution is -2.46. The van der Waals surface area contributed by atoms with Crippen molar-refractivity contribution in [3.8, 4) is 11.3 Å². The van der Waals surface area contributed by atoms with E-state index < -0.39 is 41.0 Å². The number of hydrogen-bond donors (Lipinski definition) is 2. The molecule has 1 fully saturated rings. The van der Waals surface area contributed by atoms with Crippen molar-refractivity contribution in [1.82, 2.24) is 10.3 Å². The molecule has 0 spiro atoms. The zero-order valence-electron chi connectivity index (χ0n) is 19.7. The molecule has 0 radical (unpaired) electrons. The minimum Gasteiger partial charge on any atom is -0.460 e. The summed E-state index contributed by atoms with van der Waals surface area (Å²) in [7, 11) is 1.62. The van der Waals surface area contributed by atoms with E-state index in [0.29, 0.717) is 11.1 Å². The van der Waals surface area contributed by atoms with Crippen LogP contribution >= 0.6 is 0 Å². The number of aromatic nitrogens is 1. The molecule has 8 nitrogen and oxygen atoms in total. The Labute approximate surface area is 204 Å². The number of aromatic amines is 1. The Morgan fingerprint density at radius 3 is 2.58 bits per heavy atom. The van der Waals surface area contributed by atoms with Crippen LogP contribution in [0.5, 0.6) is 0 Å². The van der Waals surface area contributed by atoms with E-state index >= 15 is 0 Å². The zero-order chi connectivity index (χ0) is 26.3. The van der Waals surface area contributed by atoms with E-state index in [1.54, 1.807) is 33.0 Å². The molecule has 4 rings (SSSR count). The molecule has 1 unspecified atom stereocenters. The maximum Gasteiger partial charge on any atom is 0.417 e. The largest absolute Gasteiger partial charge is 0.460 e. The number of rotatable bonds is 6. The maximum absolute atomic E-state index is 13.4. The Bertz CT molecular complexity index is 1380. The molecule has 0 saturated carbocycles. The number of hydrogen-bond acceptors (Lipinski definition) is 6. The van der Waals surface area contributed by atoms with Gasteiger partial charge in [-0.3, -0.25) is 14.5 Å². The van der Waals surface area contributed by atoms with Crippen molar-refractivity contribution in [2.75, 3.05) is 25.1 Å². The molecule has 3 aromatic rings. The summed E-state index contributed by atoms with van der Waals surface area (Å²) in [5.74, 6) is -0.500. The van der Waals surface area contributed by atoms with Gasteiger partial charge in [-0.1, -0.05) is 24.3 Å². The molecule has 1 saturated heterocycles. The highest BCUT2D eigenvalue weighted by molar-refractivity contribution is 5.95. The fourth-order valence-corrected chi connectivity index (χ4v) is 3.80. The van der Waals surface area contributed by atoms with E-state index in [9.17, 15) is 27.6 Å². The van der Waals surface area contributed by atoms with Gasteiger partial charge < -0.3 is 19.8 Å². The third-order valence-electron chi connectivity index (χ3n) is 6.07. The molecule has 190 valence electrons. The predicted molar refractivity (Wildman–Crippen MR) is 127 cm³/mol. The molecule has 1 amide bonds. The van der Waals surface area contributed by atoms with Crippen LogP contribution in [0.1, 0.15) is 19.4 Å². The number of likely N-dealkylation sites (N-methyl/N-ethyl adjacent to an activating group) is 1. The summed E-state index contributed by atoms with van der Waals surface area (Å²) < 4.78 is 50.9. The van der Waals surface area contributed by atoms with Crippen LogP contribution in [0.15, 0.2) is 53.3 Å². The molecule has 1 aromatic heterocycles. The van der Waals surface area contributed by atoms with Gasteiger partial charge in [-0.15, -0.1) is 0 Å². The van der Waals surface area contributed by atoms with Gasteiger partial charge in [-0.2, -0.15) is 13.2 Å². The van der Waals surface area contributed by atoms with Crippen molar-refractivity contribution >= 4 is 28.5 Å². The number of nitrogens with one attached hydrogen (secondary N) is 2. The monoisotopic (exact) mass is 503 g/mol. The summed E-state index contributed by atoms with van der Waals surface area (Å²) in [6.07, 6.45) is -5.96. The topological polar surface area (TPSA) is 101 Å². The number of carbonyl (C=O) groups excluding carboxylic acids is 2. The quantitative estimate of drug-likeness (QED) is 0.492. The number of anilines is 1. The standard InChI is InChI=1S/C25H24F3N3O5/c1-24(2,29-3)22(33)35-13-16-12-31(23(34)36-16)15-9-8-14-10-20(30-21(32)18(14)11-15)17-6-4-5-7-19(17)25(26,27)28/h4-11,16,29H,12-13H2,1-3H3,(H,30,32). The number of H-pyrrole nitrogens is 1. The lowest BCUT2D eigenvalue weighted by atomic mass is 10.0. The minimum absolute atomic E-state index is 0.0279. The van der Waals surface area contributed by atoms with Crippen LogP contribution in [0, 0.1) is 0 Å². The van der Waals surface area contributed by atoms with Crippen molar-refractivity contribution in [1.29, 1.82) is 0 Å². The first kappa shape index (κ1) is 25.2. The Balaban J connectivity index is 1.58. The number of ether oxygens (including phenoxy) is 2. The lowest BCUT2D eigenvalue weighted by molar-refractivity contribution is -0.152. The Kier molecular flexibility index (Phi) is 6.52. The number of halogens is 3. The second-order valence-corrected chi connectivity index (χ2v) is 8.92. The number of alkyl halides is 3. The molecule has 36 heavy (non-hydrogen) atoms. The summed E-state index contributed by atoms with van der Waals surface area (Å²) in [6, 6.07) is 11.0. The number of carbonyl (C=O) groups is 2. The van der Waals surface area contributed by atoms with Crippen LogP contribution in [0.4, 0.5) is 23.7 Å². The highest BCUT2D eigenvalue weighted by atomic mass is 19.4. The zero-order valence-corrected chi connectivity index (χ0v) is 19.7. The Morgan fingerprint density at radius 2 is 1.89 bits per heavy atom. The average molecular weight is 503 g/mol. The summed E-state index contributed by atoms with van der Waals surface area (Å²) in [4.78, 5) is 41.2. The molecule has 11 heteroatoms. The molecular formula is C25H24F3N3O5. The average Bonchev–Trinajstić information content (AvgIpc) is 3.22. The molecule has 0 bridgehead atoms. The Hall–Kier alpha value is -3.86. The molecule has 1 aliphatic heterocycles. The highest BCUT2D eigenvalue weighted by Crippen LogP contribution is 2.36. The third-order valence-corrected chi connectivity index (χ3v) is 6.07. The van der Waals surface area contributed by atoms with Crippen LogP contribution in [0.2, 0.25) is 0 Å². The van der Waals surface area contributed by atoms with Crippen LogP contribution in [-0.2, 0) is 20.4 Å². The van der Waals surface area contributed by atoms with Gasteiger partial charge in [0, 0.05) is 22.3 Å². The highest BCUT2D eigenvalue weighted by Gasteiger charge is 2.36. The molecule has 0 aliphatic carbocycles. The van der Waals surface area contributed by atoms with Gasteiger partial charge in [0.1, 0.15) is 12.1 Å². The second-order valence-electron chi connectivity index (χ2n) is 8.92. The number of fused-ring (bicyclic) bond motifs is 1. The number of cyclic esters (lactones) is 1. The fraction of sp³-hybridized carbons (Fsp3) is 0.320. The number of pyridine rings is 1. The van der Waals surface area contributed by atoms with E-state index in [0.717, 1.165) is 6.07 Å². The van der Waals surface area contributed by atoms with Crippen molar-refractivity contribution in [2.24, 2.45) is 0 Å². The maximum atomic E-state index is 13.4. The number of nitrogens with zero attached hydrogens (tertiary/aromatic N) is 1. The van der Waals surface area contributed by atoms with Crippen LogP contribution in [-0.4, -0.2) is 48.9 Å². The SMILES string of the molecule is CNC(C)(C)C(=O)OCC1CN(c2ccc3cc(-c4ccccc4C(F)(F)F)[nH]c(=O)c3c2)C(=O)O1. The van der Waals surface area contributed by atoms with Gasteiger partial charge in [-0.05, 0) is 50.5 Å². The smallest absolute Gasteiger partial charge is 0.417 e. The first-order valence-corrected chi connectivity index (χ1v) is 11.1. The fourth-order valence-electron chi connectivity index (χ4n) is 3.80. The van der Waals surface area contributed by atoms with Crippen molar-refractivity contribution in [3.63, 3.8) is 0 Å². The van der Waals surface area contributed by atoms with Gasteiger partial charge in [0.15, 0.2) is 6.10 Å². The molecule has 2 N–H and O–H groups in total. The molecular weight excluding hydrogens is 479 g/mol. The third kappa shape index (κ3) is 4.92. The summed E-state index contributed by atoms with van der Waals surface area (Å²) in [5, 5.41) is 3.42. The molecule has 2 heterocycles. The molecule has 1 aliphatic rings. The lowest BCUT2D eigenvalue weighted by Gasteiger charge is -2.22. The number of amides is 1. The first-order valence-electron chi connectivity index (χ1n) is 11.1. The van der Waals surface area contributed by atoms with Gasteiger partial charge in [-0.25, -0.2) is 4.79 Å². The van der Waals surface area contributed by atoms with Gasteiger partial charge in [0.25, 0.3) is 5.56 Å². The van der Waals surface area contributed by atoms with Gasteiger partial charge in [0.05, 0.1) is 12.1 Å². The van der Waals surface area contributed by atoms with E-state index in [4.69, 9.17) is 9.47 Å². The van der Waals surface area contributed by atoms with E-state index in [1.165, 1.54) is 35.2 Å². The number of benzene rings is 2. The normalized spacial score (nSPS) is 16.3. The second kappa shape index (κ2) is 9.30. The predicted octanol–water partition coefficient (Wildman–Crippen LogP) is 4.08. The number of esters is 1. The van der Waals surface area contributed by atoms with E-state index in [-0.39, 0.29) is 29.8 Å². The van der Waals surface area contributed by atoms with Crippen LogP contribution in [0.3, 0.4) is 0 Å². The summed E-state index contributed by atoms with van der Waals surface area (Å²) in [5.41, 5.74) is -2.11. The van der Waals surface area contributed by atoms with Gasteiger partial charge in [0.2, 0.25) is 0 Å². The Morgan fingerprint density at radius 1 is 1.17 bits per heavy atom. The van der Waals surface area contributed by atoms with E-state index in [2.05, 4.69) is 10.3 Å². The van der Waals surface area contributed by atoms with Crippen molar-refractivity contribution < 1.29 is 32.2 Å². The summed E-state index contributed by atoms with van der Waals surface area (Å²) in [6.45, 7) is 3.26. The van der Waals surface area contributed by atoms with Crippen molar-refractivity contribution in [2.45, 2.75) is 31.7 Å². The van der Waals surface area contributed by atoms with Crippen molar-refractivity contribution in [3.05, 3.63) is 64.4 Å². The first-order chi connectivity index (χ1) is 16.9. The molecule has 2 aromatic carbocycles. The van der Waals surface area contributed by atoms with Gasteiger partial charge >= 0.3 is 18.2 Å². The minimum atomic E-state index is -4.59. The summed E-state index contributed by atoms with van der Waals surface area (Å²) >= 11 is 0. The molecule has 1 atom stereocenters. The van der Waals surface area contributed by atoms with Crippen LogP contribution < -0.4 is 15.8 Å².